The van der Waals surface area contributed by atoms with Crippen LogP contribution in [0.15, 0.2) is 71.0 Å². The van der Waals surface area contributed by atoms with Gasteiger partial charge in [-0.25, -0.2) is 4.98 Å². The minimum atomic E-state index is -0.409. The summed E-state index contributed by atoms with van der Waals surface area (Å²) >= 11 is 10.5. The van der Waals surface area contributed by atoms with Crippen LogP contribution in [0.25, 0.3) is 11.0 Å². The SMILES string of the molecule is C=C/C=C(\S)C(=O)N1CCN(c2c(C#N)c(=O)n(Cc3ccccc3)c3ncc(Cl)cc23)CC1. The molecule has 4 rings (SSSR count). The lowest BCUT2D eigenvalue weighted by Gasteiger charge is -2.37. The number of carbonyl (C=O) groups is 1. The van der Waals surface area contributed by atoms with Gasteiger partial charge < -0.3 is 9.80 Å². The van der Waals surface area contributed by atoms with E-state index in [0.717, 1.165) is 5.56 Å². The molecule has 34 heavy (non-hydrogen) atoms. The van der Waals surface area contributed by atoms with Crippen molar-refractivity contribution >= 4 is 46.9 Å². The topological polar surface area (TPSA) is 82.2 Å². The van der Waals surface area contributed by atoms with Gasteiger partial charge in [-0.3, -0.25) is 14.2 Å². The van der Waals surface area contributed by atoms with Gasteiger partial charge in [0.05, 0.1) is 22.2 Å². The molecule has 1 aliphatic rings. The largest absolute Gasteiger partial charge is 0.366 e. The van der Waals surface area contributed by atoms with Crippen LogP contribution in [0, 0.1) is 11.3 Å². The number of nitrogens with zero attached hydrogens (tertiary/aromatic N) is 5. The van der Waals surface area contributed by atoms with Gasteiger partial charge in [-0.2, -0.15) is 5.26 Å². The van der Waals surface area contributed by atoms with Crippen molar-refractivity contribution in [3.63, 3.8) is 0 Å². The second-order valence-corrected chi connectivity index (χ2v) is 8.72. The highest BCUT2D eigenvalue weighted by Gasteiger charge is 2.27. The monoisotopic (exact) mass is 491 g/mol. The third-order valence-corrected chi connectivity index (χ3v) is 6.26. The molecule has 1 aliphatic heterocycles. The van der Waals surface area contributed by atoms with Gasteiger partial charge in [-0.15, -0.1) is 12.6 Å². The Hall–Kier alpha value is -3.54. The van der Waals surface area contributed by atoms with Crippen LogP contribution in [-0.4, -0.2) is 46.5 Å². The summed E-state index contributed by atoms with van der Waals surface area (Å²) in [5.41, 5.74) is 1.50. The number of piperazine rings is 1. The number of rotatable bonds is 5. The number of benzene rings is 1. The lowest BCUT2D eigenvalue weighted by molar-refractivity contribution is -0.126. The van der Waals surface area contributed by atoms with E-state index in [9.17, 15) is 14.9 Å². The summed E-state index contributed by atoms with van der Waals surface area (Å²) < 4.78 is 1.51. The molecule has 0 N–H and O–H groups in total. The highest BCUT2D eigenvalue weighted by atomic mass is 35.5. The van der Waals surface area contributed by atoms with E-state index in [-0.39, 0.29) is 18.0 Å². The summed E-state index contributed by atoms with van der Waals surface area (Å²) in [7, 11) is 0. The fraction of sp³-hybridized carbons (Fsp3) is 0.200. The number of carbonyl (C=O) groups excluding carboxylic acids is 1. The van der Waals surface area contributed by atoms with Crippen LogP contribution in [0.4, 0.5) is 5.69 Å². The van der Waals surface area contributed by atoms with Crippen molar-refractivity contribution < 1.29 is 4.79 Å². The van der Waals surface area contributed by atoms with Gasteiger partial charge in [-0.05, 0) is 17.7 Å². The van der Waals surface area contributed by atoms with Gasteiger partial charge in [-0.1, -0.05) is 54.6 Å². The van der Waals surface area contributed by atoms with Crippen LogP contribution in [0.3, 0.4) is 0 Å². The number of hydrogen-bond acceptors (Lipinski definition) is 6. The third kappa shape index (κ3) is 4.58. The molecule has 0 unspecified atom stereocenters. The normalized spacial score (nSPS) is 14.2. The summed E-state index contributed by atoms with van der Waals surface area (Å²) in [5.74, 6) is -0.184. The molecule has 3 aromatic rings. The molecule has 3 heterocycles. The number of allylic oxidation sites excluding steroid dienone is 2. The number of thiol groups is 1. The first-order valence-corrected chi connectivity index (χ1v) is 11.5. The Morgan fingerprint density at radius 1 is 1.24 bits per heavy atom. The van der Waals surface area contributed by atoms with E-state index in [2.05, 4.69) is 30.3 Å². The maximum absolute atomic E-state index is 13.4. The summed E-state index contributed by atoms with van der Waals surface area (Å²) in [5, 5.41) is 11.0. The summed E-state index contributed by atoms with van der Waals surface area (Å²) in [6.45, 7) is 5.60. The number of pyridine rings is 2. The number of fused-ring (bicyclic) bond motifs is 1. The molecule has 0 saturated carbocycles. The van der Waals surface area contributed by atoms with Crippen molar-refractivity contribution in [3.8, 4) is 6.07 Å². The van der Waals surface area contributed by atoms with Crippen molar-refractivity contribution in [3.05, 3.63) is 92.7 Å². The predicted octanol–water partition coefficient (Wildman–Crippen LogP) is 3.62. The molecule has 0 spiro atoms. The number of hydrogen-bond donors (Lipinski definition) is 1. The van der Waals surface area contributed by atoms with E-state index < -0.39 is 5.56 Å². The van der Waals surface area contributed by atoms with E-state index in [1.165, 1.54) is 16.8 Å². The number of nitriles is 1. The van der Waals surface area contributed by atoms with Crippen LogP contribution in [0.1, 0.15) is 11.1 Å². The standard InChI is InChI=1S/C25H22ClN5O2S/c1-2-6-21(34)25(33)30-11-9-29(10-12-30)22-19-13-18(26)15-28-23(19)31(24(32)20(22)14-27)16-17-7-4-3-5-8-17/h2-8,13,15,34H,1,9-12,16H2/b21-6-. The highest BCUT2D eigenvalue weighted by Crippen LogP contribution is 2.31. The molecule has 1 aromatic carbocycles. The smallest absolute Gasteiger partial charge is 0.272 e. The van der Waals surface area contributed by atoms with E-state index in [1.54, 1.807) is 17.0 Å². The Morgan fingerprint density at radius 3 is 2.59 bits per heavy atom. The van der Waals surface area contributed by atoms with Crippen LogP contribution in [0.2, 0.25) is 5.02 Å². The zero-order valence-corrected chi connectivity index (χ0v) is 20.0. The van der Waals surface area contributed by atoms with Gasteiger partial charge in [0.2, 0.25) is 0 Å². The van der Waals surface area contributed by atoms with Crippen LogP contribution < -0.4 is 10.5 Å². The molecule has 1 saturated heterocycles. The maximum atomic E-state index is 13.4. The molecule has 0 radical (unpaired) electrons. The first kappa shape index (κ1) is 23.6. The second-order valence-electron chi connectivity index (χ2n) is 7.80. The molecule has 2 aromatic heterocycles. The molecule has 1 fully saturated rings. The van der Waals surface area contributed by atoms with Crippen molar-refractivity contribution in [2.75, 3.05) is 31.1 Å². The summed E-state index contributed by atoms with van der Waals surface area (Å²) in [6.07, 6.45) is 4.57. The quantitative estimate of drug-likeness (QED) is 0.335. The van der Waals surface area contributed by atoms with E-state index in [1.807, 2.05) is 35.2 Å². The van der Waals surface area contributed by atoms with Gasteiger partial charge in [0.1, 0.15) is 17.3 Å². The molecular weight excluding hydrogens is 470 g/mol. The van der Waals surface area contributed by atoms with Crippen LogP contribution in [-0.2, 0) is 11.3 Å². The minimum Gasteiger partial charge on any atom is -0.366 e. The average Bonchev–Trinajstić information content (AvgIpc) is 2.85. The number of halogens is 1. The first-order valence-electron chi connectivity index (χ1n) is 10.7. The molecule has 0 bridgehead atoms. The molecule has 9 heteroatoms. The van der Waals surface area contributed by atoms with Crippen molar-refractivity contribution in [1.29, 1.82) is 5.26 Å². The van der Waals surface area contributed by atoms with Crippen molar-refractivity contribution in [2.24, 2.45) is 0 Å². The summed E-state index contributed by atoms with van der Waals surface area (Å²) in [6, 6.07) is 13.4. The van der Waals surface area contributed by atoms with Crippen LogP contribution in [0.5, 0.6) is 0 Å². The van der Waals surface area contributed by atoms with Crippen LogP contribution >= 0.6 is 24.2 Å². The maximum Gasteiger partial charge on any atom is 0.272 e. The minimum absolute atomic E-state index is 0.0358. The van der Waals surface area contributed by atoms with Gasteiger partial charge in [0.25, 0.3) is 11.5 Å². The second kappa shape index (κ2) is 10.2. The van der Waals surface area contributed by atoms with Gasteiger partial charge >= 0.3 is 0 Å². The fourth-order valence-corrected chi connectivity index (χ4v) is 4.51. The molecule has 0 aliphatic carbocycles. The lowest BCUT2D eigenvalue weighted by Crippen LogP contribution is -2.49. The predicted molar refractivity (Wildman–Crippen MR) is 137 cm³/mol. The first-order chi connectivity index (χ1) is 16.4. The van der Waals surface area contributed by atoms with E-state index >= 15 is 0 Å². The zero-order chi connectivity index (χ0) is 24.2. The Bertz CT molecular complexity index is 1390. The van der Waals surface area contributed by atoms with Crippen molar-refractivity contribution in [1.82, 2.24) is 14.5 Å². The average molecular weight is 492 g/mol. The molecule has 1 amide bonds. The number of amides is 1. The molecule has 7 nitrogen and oxygen atoms in total. The summed E-state index contributed by atoms with van der Waals surface area (Å²) in [4.78, 5) is 34.4. The Balaban J connectivity index is 1.76. The third-order valence-electron chi connectivity index (χ3n) is 5.71. The van der Waals surface area contributed by atoms with Crippen molar-refractivity contribution in [2.45, 2.75) is 6.54 Å². The van der Waals surface area contributed by atoms with Gasteiger partial charge in [0, 0.05) is 37.8 Å². The Labute approximate surface area is 207 Å². The molecule has 0 atom stereocenters. The van der Waals surface area contributed by atoms with Gasteiger partial charge in [0.15, 0.2) is 0 Å². The van der Waals surface area contributed by atoms with E-state index in [4.69, 9.17) is 11.6 Å². The fourth-order valence-electron chi connectivity index (χ4n) is 4.11. The number of anilines is 1. The molecule has 172 valence electrons. The Morgan fingerprint density at radius 2 is 1.94 bits per heavy atom. The number of aromatic nitrogens is 2. The Kier molecular flexibility index (Phi) is 7.06. The lowest BCUT2D eigenvalue weighted by atomic mass is 10.1. The highest BCUT2D eigenvalue weighted by molar-refractivity contribution is 7.85. The van der Waals surface area contributed by atoms with E-state index in [0.29, 0.717) is 52.8 Å². The molecular formula is C25H22ClN5O2S. The zero-order valence-electron chi connectivity index (χ0n) is 18.3.